The van der Waals surface area contributed by atoms with Gasteiger partial charge >= 0.3 is 6.18 Å². The van der Waals surface area contributed by atoms with Crippen LogP contribution in [0, 0.1) is 0 Å². The molecule has 1 saturated carbocycles. The number of halogens is 3. The van der Waals surface area contributed by atoms with Gasteiger partial charge in [-0.05, 0) is 19.9 Å². The monoisotopic (exact) mass is 239 g/mol. The van der Waals surface area contributed by atoms with Crippen molar-refractivity contribution >= 4 is 0 Å². The Morgan fingerprint density at radius 2 is 1.69 bits per heavy atom. The van der Waals surface area contributed by atoms with Crippen molar-refractivity contribution in [1.29, 1.82) is 0 Å². The lowest BCUT2D eigenvalue weighted by Gasteiger charge is -2.29. The molecule has 0 aromatic heterocycles. The van der Waals surface area contributed by atoms with Crippen molar-refractivity contribution in [2.75, 3.05) is 13.6 Å². The van der Waals surface area contributed by atoms with Crippen molar-refractivity contribution in [3.8, 4) is 0 Å². The number of rotatable bonds is 3. The molecule has 1 unspecified atom stereocenters. The van der Waals surface area contributed by atoms with Gasteiger partial charge in [0.1, 0.15) is 0 Å². The molecule has 0 radical (unpaired) electrons. The van der Waals surface area contributed by atoms with E-state index in [0.29, 0.717) is 0 Å². The second-order valence-corrected chi connectivity index (χ2v) is 4.64. The van der Waals surface area contributed by atoms with Crippen LogP contribution >= 0.6 is 0 Å². The van der Waals surface area contributed by atoms with Crippen molar-refractivity contribution in [2.45, 2.75) is 56.8 Å². The summed E-state index contributed by atoms with van der Waals surface area (Å²) in [6.45, 7) is -0.311. The zero-order valence-corrected chi connectivity index (χ0v) is 9.63. The molecule has 0 amide bonds. The minimum atomic E-state index is -4.50. The Hall–Kier alpha value is -0.290. The molecule has 0 aromatic carbocycles. The molecule has 2 nitrogen and oxygen atoms in total. The molecule has 1 atom stereocenters. The second kappa shape index (κ2) is 5.87. The van der Waals surface area contributed by atoms with Gasteiger partial charge in [0.2, 0.25) is 0 Å². The zero-order chi connectivity index (χ0) is 12.2. The van der Waals surface area contributed by atoms with Gasteiger partial charge in [0.05, 0.1) is 0 Å². The van der Waals surface area contributed by atoms with Crippen LogP contribution in [0.5, 0.6) is 0 Å². The maximum Gasteiger partial charge on any atom is 0.415 e. The van der Waals surface area contributed by atoms with Crippen LogP contribution in [0.4, 0.5) is 13.2 Å². The Bertz CT molecular complexity index is 200. The molecule has 0 saturated heterocycles. The molecule has 5 heteroatoms. The second-order valence-electron chi connectivity index (χ2n) is 4.64. The number of hydrogen-bond acceptors (Lipinski definition) is 2. The predicted molar refractivity (Wildman–Crippen MR) is 56.2 cm³/mol. The van der Waals surface area contributed by atoms with Gasteiger partial charge in [0.15, 0.2) is 6.10 Å². The molecule has 0 aromatic rings. The fraction of sp³-hybridized carbons (Fsp3) is 1.00. The minimum absolute atomic E-state index is 0.194. The highest BCUT2D eigenvalue weighted by atomic mass is 19.4. The summed E-state index contributed by atoms with van der Waals surface area (Å²) in [4.78, 5) is 1.66. The van der Waals surface area contributed by atoms with E-state index in [4.69, 9.17) is 5.11 Å². The zero-order valence-electron chi connectivity index (χ0n) is 9.63. The standard InChI is InChI=1S/C11H20F3NO/c1-15(8-10(16)11(12,13)14)9-6-4-2-3-5-7-9/h9-10,16H,2-8H2,1H3. The highest BCUT2D eigenvalue weighted by Crippen LogP contribution is 2.24. The van der Waals surface area contributed by atoms with Gasteiger partial charge in [-0.25, -0.2) is 0 Å². The minimum Gasteiger partial charge on any atom is -0.382 e. The average molecular weight is 239 g/mol. The van der Waals surface area contributed by atoms with Gasteiger partial charge in [0.25, 0.3) is 0 Å². The van der Waals surface area contributed by atoms with Gasteiger partial charge in [-0.15, -0.1) is 0 Å². The Morgan fingerprint density at radius 3 is 2.12 bits per heavy atom. The van der Waals surface area contributed by atoms with Crippen molar-refractivity contribution in [3.63, 3.8) is 0 Å². The third-order valence-electron chi connectivity index (χ3n) is 3.29. The molecule has 16 heavy (non-hydrogen) atoms. The summed E-state index contributed by atoms with van der Waals surface area (Å²) < 4.78 is 36.5. The average Bonchev–Trinajstić information content (AvgIpc) is 2.43. The Kier molecular flexibility index (Phi) is 5.05. The molecule has 1 N–H and O–H groups in total. The molecule has 1 aliphatic rings. The van der Waals surface area contributed by atoms with Crippen LogP contribution in [0.3, 0.4) is 0 Å². The number of aliphatic hydroxyl groups is 1. The molecular weight excluding hydrogens is 219 g/mol. The topological polar surface area (TPSA) is 23.5 Å². The van der Waals surface area contributed by atoms with Crippen molar-refractivity contribution in [3.05, 3.63) is 0 Å². The van der Waals surface area contributed by atoms with Crippen LogP contribution in [0.1, 0.15) is 38.5 Å². The highest BCUT2D eigenvalue weighted by Gasteiger charge is 2.39. The van der Waals surface area contributed by atoms with Gasteiger partial charge in [0, 0.05) is 12.6 Å². The van der Waals surface area contributed by atoms with E-state index < -0.39 is 12.3 Å². The van der Waals surface area contributed by atoms with Crippen molar-refractivity contribution in [2.24, 2.45) is 0 Å². The highest BCUT2D eigenvalue weighted by molar-refractivity contribution is 4.76. The van der Waals surface area contributed by atoms with Crippen LogP contribution in [-0.4, -0.2) is 41.9 Å². The summed E-state index contributed by atoms with van der Waals surface area (Å²) in [5.41, 5.74) is 0. The number of alkyl halides is 3. The lowest BCUT2D eigenvalue weighted by atomic mass is 10.1. The first-order chi connectivity index (χ1) is 7.41. The molecule has 0 spiro atoms. The van der Waals surface area contributed by atoms with Crippen LogP contribution in [0.25, 0.3) is 0 Å². The summed E-state index contributed by atoms with van der Waals surface area (Å²) >= 11 is 0. The molecule has 1 fully saturated rings. The first kappa shape index (κ1) is 13.8. The van der Waals surface area contributed by atoms with Gasteiger partial charge in [-0.1, -0.05) is 25.7 Å². The summed E-state index contributed by atoms with van der Waals surface area (Å²) in [5.74, 6) is 0. The molecule has 0 bridgehead atoms. The SMILES string of the molecule is CN(CC(O)C(F)(F)F)C1CCCCCC1. The fourth-order valence-electron chi connectivity index (χ4n) is 2.22. The van der Waals surface area contributed by atoms with Crippen molar-refractivity contribution in [1.82, 2.24) is 4.90 Å². The fourth-order valence-corrected chi connectivity index (χ4v) is 2.22. The third-order valence-corrected chi connectivity index (χ3v) is 3.29. The number of likely N-dealkylation sites (N-methyl/N-ethyl adjacent to an activating group) is 1. The Morgan fingerprint density at radius 1 is 1.19 bits per heavy atom. The molecule has 96 valence electrons. The maximum atomic E-state index is 12.2. The van der Waals surface area contributed by atoms with Crippen molar-refractivity contribution < 1.29 is 18.3 Å². The van der Waals surface area contributed by atoms with Crippen LogP contribution in [-0.2, 0) is 0 Å². The van der Waals surface area contributed by atoms with E-state index in [9.17, 15) is 13.2 Å². The lowest BCUT2D eigenvalue weighted by molar-refractivity contribution is -0.208. The largest absolute Gasteiger partial charge is 0.415 e. The van der Waals surface area contributed by atoms with Crippen LogP contribution in [0.15, 0.2) is 0 Å². The predicted octanol–water partition coefficient (Wildman–Crippen LogP) is 2.56. The Labute approximate surface area is 94.4 Å². The van der Waals surface area contributed by atoms with E-state index in [2.05, 4.69) is 0 Å². The van der Waals surface area contributed by atoms with Crippen LogP contribution < -0.4 is 0 Å². The first-order valence-corrected chi connectivity index (χ1v) is 5.86. The first-order valence-electron chi connectivity index (χ1n) is 5.86. The van der Waals surface area contributed by atoms with Gasteiger partial charge < -0.3 is 10.0 Å². The van der Waals surface area contributed by atoms with E-state index in [1.54, 1.807) is 11.9 Å². The van der Waals surface area contributed by atoms with E-state index in [0.717, 1.165) is 25.7 Å². The number of aliphatic hydroxyl groups excluding tert-OH is 1. The van der Waals surface area contributed by atoms with E-state index in [1.807, 2.05) is 0 Å². The lowest BCUT2D eigenvalue weighted by Crippen LogP contribution is -2.43. The van der Waals surface area contributed by atoms with E-state index >= 15 is 0 Å². The normalized spacial score (nSPS) is 22.1. The Balaban J connectivity index is 2.41. The number of hydrogen-bond donors (Lipinski definition) is 1. The van der Waals surface area contributed by atoms with Gasteiger partial charge in [-0.3, -0.25) is 0 Å². The van der Waals surface area contributed by atoms with E-state index in [1.165, 1.54) is 12.8 Å². The summed E-state index contributed by atoms with van der Waals surface area (Å²) in [6.07, 6.45) is -0.325. The molecule has 0 aliphatic heterocycles. The quantitative estimate of drug-likeness (QED) is 0.765. The molecule has 1 rings (SSSR count). The molecular formula is C11H20F3NO. The smallest absolute Gasteiger partial charge is 0.382 e. The summed E-state index contributed by atoms with van der Waals surface area (Å²) in [6, 6.07) is 0.194. The summed E-state index contributed by atoms with van der Waals surface area (Å²) in [5, 5.41) is 8.99. The van der Waals surface area contributed by atoms with Gasteiger partial charge in [-0.2, -0.15) is 13.2 Å². The van der Waals surface area contributed by atoms with E-state index in [-0.39, 0.29) is 12.6 Å². The molecule has 0 heterocycles. The third kappa shape index (κ3) is 4.29. The summed E-state index contributed by atoms with van der Waals surface area (Å²) in [7, 11) is 1.67. The number of nitrogens with zero attached hydrogens (tertiary/aromatic N) is 1. The van der Waals surface area contributed by atoms with Crippen LogP contribution in [0.2, 0.25) is 0 Å². The maximum absolute atomic E-state index is 12.2. The molecule has 1 aliphatic carbocycles.